The highest BCUT2D eigenvalue weighted by Crippen LogP contribution is 2.31. The quantitative estimate of drug-likeness (QED) is 0.911. The standard InChI is InChI=1S/C19H25N3O2/c1-12-8-13(2)10-14(9-12)22-17-7-5-6-16(15(17)11-20-22)21-18(23)19(3,4)24/h8-11,16,24H,5-7H2,1-4H3,(H,21,23). The first-order valence-corrected chi connectivity index (χ1v) is 8.44. The van der Waals surface area contributed by atoms with Gasteiger partial charge in [-0.3, -0.25) is 4.79 Å². The molecule has 0 saturated carbocycles. The van der Waals surface area contributed by atoms with Gasteiger partial charge in [-0.05, 0) is 70.2 Å². The molecule has 1 heterocycles. The number of hydrogen-bond acceptors (Lipinski definition) is 3. The van der Waals surface area contributed by atoms with E-state index in [1.165, 1.54) is 25.0 Å². The Morgan fingerprint density at radius 3 is 2.58 bits per heavy atom. The first-order valence-electron chi connectivity index (χ1n) is 8.44. The van der Waals surface area contributed by atoms with Crippen molar-refractivity contribution in [3.05, 3.63) is 46.8 Å². The summed E-state index contributed by atoms with van der Waals surface area (Å²) in [4.78, 5) is 12.1. The maximum Gasteiger partial charge on any atom is 0.251 e. The third-order valence-corrected chi connectivity index (χ3v) is 4.49. The number of carbonyl (C=O) groups is 1. The van der Waals surface area contributed by atoms with Gasteiger partial charge in [0.1, 0.15) is 5.60 Å². The van der Waals surface area contributed by atoms with Crippen LogP contribution in [0.2, 0.25) is 0 Å². The molecule has 1 aliphatic carbocycles. The van der Waals surface area contributed by atoms with Gasteiger partial charge in [-0.2, -0.15) is 5.10 Å². The molecule has 0 radical (unpaired) electrons. The number of nitrogens with one attached hydrogen (secondary N) is 1. The van der Waals surface area contributed by atoms with Crippen molar-refractivity contribution in [1.82, 2.24) is 15.1 Å². The number of aryl methyl sites for hydroxylation is 2. The van der Waals surface area contributed by atoms with Crippen LogP contribution in [0.5, 0.6) is 0 Å². The van der Waals surface area contributed by atoms with Gasteiger partial charge < -0.3 is 10.4 Å². The summed E-state index contributed by atoms with van der Waals surface area (Å²) in [5.41, 5.74) is 4.30. The number of aliphatic hydroxyl groups is 1. The summed E-state index contributed by atoms with van der Waals surface area (Å²) in [6, 6.07) is 6.30. The molecule has 1 aliphatic rings. The van der Waals surface area contributed by atoms with E-state index in [2.05, 4.69) is 42.5 Å². The number of amides is 1. The summed E-state index contributed by atoms with van der Waals surface area (Å²) in [6.07, 6.45) is 4.65. The first kappa shape index (κ1) is 16.7. The topological polar surface area (TPSA) is 67.2 Å². The van der Waals surface area contributed by atoms with Gasteiger partial charge in [0, 0.05) is 11.3 Å². The lowest BCUT2D eigenvalue weighted by molar-refractivity contribution is -0.137. The van der Waals surface area contributed by atoms with Crippen LogP contribution in [0.25, 0.3) is 5.69 Å². The van der Waals surface area contributed by atoms with Crippen molar-refractivity contribution in [2.45, 2.75) is 58.6 Å². The summed E-state index contributed by atoms with van der Waals surface area (Å²) in [5.74, 6) is -0.348. The molecule has 0 spiro atoms. The van der Waals surface area contributed by atoms with Gasteiger partial charge in [-0.25, -0.2) is 4.68 Å². The Morgan fingerprint density at radius 2 is 1.96 bits per heavy atom. The fourth-order valence-electron chi connectivity index (χ4n) is 3.34. The van der Waals surface area contributed by atoms with Gasteiger partial charge in [0.2, 0.25) is 0 Å². The summed E-state index contributed by atoms with van der Waals surface area (Å²) in [5, 5.41) is 17.4. The lowest BCUT2D eigenvalue weighted by Gasteiger charge is -2.27. The highest BCUT2D eigenvalue weighted by Gasteiger charge is 2.30. The van der Waals surface area contributed by atoms with Gasteiger partial charge in [-0.1, -0.05) is 6.07 Å². The average Bonchev–Trinajstić information content (AvgIpc) is 2.90. The molecule has 2 N–H and O–H groups in total. The Balaban J connectivity index is 1.94. The number of hydrogen-bond donors (Lipinski definition) is 2. The van der Waals surface area contributed by atoms with Crippen molar-refractivity contribution in [1.29, 1.82) is 0 Å². The van der Waals surface area contributed by atoms with Gasteiger partial charge in [-0.15, -0.1) is 0 Å². The normalized spacial score (nSPS) is 17.5. The Kier molecular flexibility index (Phi) is 4.22. The molecule has 5 heteroatoms. The highest BCUT2D eigenvalue weighted by atomic mass is 16.3. The van der Waals surface area contributed by atoms with Crippen LogP contribution >= 0.6 is 0 Å². The molecule has 3 rings (SSSR count). The zero-order valence-electron chi connectivity index (χ0n) is 14.8. The first-order chi connectivity index (χ1) is 11.3. The molecule has 5 nitrogen and oxygen atoms in total. The minimum absolute atomic E-state index is 0.0904. The molecular formula is C19H25N3O2. The van der Waals surface area contributed by atoms with Crippen LogP contribution in [0.1, 0.15) is 55.1 Å². The Labute approximate surface area is 142 Å². The van der Waals surface area contributed by atoms with E-state index in [9.17, 15) is 9.90 Å². The van der Waals surface area contributed by atoms with Crippen molar-refractivity contribution >= 4 is 5.91 Å². The van der Waals surface area contributed by atoms with Crippen molar-refractivity contribution in [2.75, 3.05) is 0 Å². The largest absolute Gasteiger partial charge is 0.381 e. The lowest BCUT2D eigenvalue weighted by atomic mass is 9.92. The third-order valence-electron chi connectivity index (χ3n) is 4.49. The number of nitrogens with zero attached hydrogens (tertiary/aromatic N) is 2. The molecule has 0 bridgehead atoms. The van der Waals surface area contributed by atoms with E-state index >= 15 is 0 Å². The van der Waals surface area contributed by atoms with Crippen molar-refractivity contribution in [3.63, 3.8) is 0 Å². The predicted octanol–water partition coefficient (Wildman–Crippen LogP) is 2.75. The molecule has 1 atom stereocenters. The third kappa shape index (κ3) is 3.22. The fraction of sp³-hybridized carbons (Fsp3) is 0.474. The monoisotopic (exact) mass is 327 g/mol. The smallest absolute Gasteiger partial charge is 0.251 e. The fourth-order valence-corrected chi connectivity index (χ4v) is 3.34. The number of benzene rings is 1. The zero-order chi connectivity index (χ0) is 17.5. The minimum Gasteiger partial charge on any atom is -0.381 e. The van der Waals surface area contributed by atoms with E-state index in [4.69, 9.17) is 0 Å². The molecule has 1 unspecified atom stereocenters. The molecule has 1 aromatic carbocycles. The zero-order valence-corrected chi connectivity index (χ0v) is 14.8. The summed E-state index contributed by atoms with van der Waals surface area (Å²) in [6.45, 7) is 7.17. The van der Waals surface area contributed by atoms with Crippen LogP contribution in [0.15, 0.2) is 24.4 Å². The number of aromatic nitrogens is 2. The number of fused-ring (bicyclic) bond motifs is 1. The molecule has 1 amide bonds. The maximum atomic E-state index is 12.1. The molecule has 24 heavy (non-hydrogen) atoms. The summed E-state index contributed by atoms with van der Waals surface area (Å²) < 4.78 is 1.98. The van der Waals surface area contributed by atoms with Crippen LogP contribution in [0, 0.1) is 13.8 Å². The van der Waals surface area contributed by atoms with Gasteiger partial charge >= 0.3 is 0 Å². The van der Waals surface area contributed by atoms with Crippen LogP contribution < -0.4 is 5.32 Å². The van der Waals surface area contributed by atoms with Crippen LogP contribution in [-0.2, 0) is 11.2 Å². The molecule has 0 aliphatic heterocycles. The molecule has 1 aromatic heterocycles. The van der Waals surface area contributed by atoms with Gasteiger partial charge in [0.15, 0.2) is 0 Å². The second kappa shape index (κ2) is 6.06. The van der Waals surface area contributed by atoms with Gasteiger partial charge in [0.05, 0.1) is 17.9 Å². The second-order valence-corrected chi connectivity index (χ2v) is 7.28. The van der Waals surface area contributed by atoms with Crippen molar-refractivity contribution in [3.8, 4) is 5.69 Å². The minimum atomic E-state index is -1.37. The van der Waals surface area contributed by atoms with E-state index < -0.39 is 5.60 Å². The van der Waals surface area contributed by atoms with Crippen molar-refractivity contribution < 1.29 is 9.90 Å². The second-order valence-electron chi connectivity index (χ2n) is 7.28. The molecule has 0 fully saturated rings. The maximum absolute atomic E-state index is 12.1. The average molecular weight is 327 g/mol. The summed E-state index contributed by atoms with van der Waals surface area (Å²) in [7, 11) is 0. The van der Waals surface area contributed by atoms with E-state index in [0.29, 0.717) is 0 Å². The molecular weight excluding hydrogens is 302 g/mol. The van der Waals surface area contributed by atoms with Crippen LogP contribution in [0.3, 0.4) is 0 Å². The van der Waals surface area contributed by atoms with Crippen LogP contribution in [0.4, 0.5) is 0 Å². The Hall–Kier alpha value is -2.14. The SMILES string of the molecule is Cc1cc(C)cc(-n2ncc3c2CCCC3NC(=O)C(C)(C)O)c1. The summed E-state index contributed by atoms with van der Waals surface area (Å²) >= 11 is 0. The van der Waals surface area contributed by atoms with E-state index in [1.807, 2.05) is 10.9 Å². The number of rotatable bonds is 3. The number of carbonyl (C=O) groups excluding carboxylic acids is 1. The van der Waals surface area contributed by atoms with E-state index in [1.54, 1.807) is 0 Å². The van der Waals surface area contributed by atoms with Crippen molar-refractivity contribution in [2.24, 2.45) is 0 Å². The van der Waals surface area contributed by atoms with Crippen LogP contribution in [-0.4, -0.2) is 26.4 Å². The molecule has 2 aromatic rings. The predicted molar refractivity (Wildman–Crippen MR) is 93.2 cm³/mol. The van der Waals surface area contributed by atoms with Gasteiger partial charge in [0.25, 0.3) is 5.91 Å². The Morgan fingerprint density at radius 1 is 1.29 bits per heavy atom. The molecule has 0 saturated heterocycles. The lowest BCUT2D eigenvalue weighted by Crippen LogP contribution is -2.44. The van der Waals surface area contributed by atoms with E-state index in [0.717, 1.165) is 36.2 Å². The molecule has 128 valence electrons. The van der Waals surface area contributed by atoms with E-state index in [-0.39, 0.29) is 11.9 Å². The highest BCUT2D eigenvalue weighted by molar-refractivity contribution is 5.84. The Bertz CT molecular complexity index is 751.